The molecule has 0 amide bonds. The molecular weight excluding hydrogens is 194 g/mol. The second-order valence-electron chi connectivity index (χ2n) is 3.13. The molecule has 1 aromatic rings. The molecule has 4 nitrogen and oxygen atoms in total. The van der Waals surface area contributed by atoms with Gasteiger partial charge in [-0.15, -0.1) is 0 Å². The molecule has 0 aliphatic carbocycles. The van der Waals surface area contributed by atoms with E-state index >= 15 is 0 Å². The van der Waals surface area contributed by atoms with Crippen LogP contribution in [-0.4, -0.2) is 16.2 Å². The highest BCUT2D eigenvalue weighted by Gasteiger charge is 2.14. The molecule has 0 aliphatic heterocycles. The predicted molar refractivity (Wildman–Crippen MR) is 53.5 cm³/mol. The van der Waals surface area contributed by atoms with Crippen molar-refractivity contribution in [1.29, 1.82) is 5.26 Å². The summed E-state index contributed by atoms with van der Waals surface area (Å²) in [5.41, 5.74) is 1.37. The van der Waals surface area contributed by atoms with E-state index in [2.05, 4.69) is 0 Å². The molecule has 0 heterocycles. The second kappa shape index (κ2) is 4.47. The summed E-state index contributed by atoms with van der Waals surface area (Å²) < 4.78 is 0. The summed E-state index contributed by atoms with van der Waals surface area (Å²) in [5, 5.41) is 27.0. The molecular formula is C11H11NO3. The first-order valence-corrected chi connectivity index (χ1v) is 4.55. The van der Waals surface area contributed by atoms with Crippen molar-refractivity contribution in [2.24, 2.45) is 0 Å². The van der Waals surface area contributed by atoms with E-state index in [4.69, 9.17) is 10.4 Å². The summed E-state index contributed by atoms with van der Waals surface area (Å²) in [4.78, 5) is 10.6. The number of hydrogen-bond acceptors (Lipinski definition) is 3. The van der Waals surface area contributed by atoms with Crippen LogP contribution in [-0.2, 0) is 17.6 Å². The first-order valence-electron chi connectivity index (χ1n) is 4.55. The van der Waals surface area contributed by atoms with Gasteiger partial charge in [-0.1, -0.05) is 6.92 Å². The van der Waals surface area contributed by atoms with Gasteiger partial charge in [-0.25, -0.2) is 0 Å². The lowest BCUT2D eigenvalue weighted by molar-refractivity contribution is -0.136. The van der Waals surface area contributed by atoms with E-state index in [0.29, 0.717) is 23.1 Å². The number of phenolic OH excluding ortho intramolecular Hbond substituents is 1. The third-order valence-electron chi connectivity index (χ3n) is 2.21. The number of carbonyl (C=O) groups is 1. The Bertz CT molecular complexity index is 432. The average molecular weight is 205 g/mol. The van der Waals surface area contributed by atoms with Crippen LogP contribution in [0, 0.1) is 11.3 Å². The van der Waals surface area contributed by atoms with Crippen LogP contribution in [0.25, 0.3) is 0 Å². The molecule has 0 atom stereocenters. The summed E-state index contributed by atoms with van der Waals surface area (Å²) >= 11 is 0. The molecule has 0 saturated heterocycles. The fraction of sp³-hybridized carbons (Fsp3) is 0.273. The van der Waals surface area contributed by atoms with Gasteiger partial charge >= 0.3 is 5.97 Å². The van der Waals surface area contributed by atoms with Crippen LogP contribution in [0.15, 0.2) is 12.1 Å². The van der Waals surface area contributed by atoms with Crippen molar-refractivity contribution in [3.8, 4) is 11.8 Å². The topological polar surface area (TPSA) is 81.3 Å². The van der Waals surface area contributed by atoms with Crippen molar-refractivity contribution < 1.29 is 15.0 Å². The maximum Gasteiger partial charge on any atom is 0.307 e. The van der Waals surface area contributed by atoms with Crippen LogP contribution in [0.3, 0.4) is 0 Å². The quantitative estimate of drug-likeness (QED) is 0.782. The minimum Gasteiger partial charge on any atom is -0.508 e. The highest BCUT2D eigenvalue weighted by molar-refractivity contribution is 5.72. The van der Waals surface area contributed by atoms with E-state index in [1.54, 1.807) is 0 Å². The molecule has 0 spiro atoms. The van der Waals surface area contributed by atoms with Gasteiger partial charge in [0.15, 0.2) is 0 Å². The number of rotatable bonds is 3. The summed E-state index contributed by atoms with van der Waals surface area (Å²) in [7, 11) is 0. The Balaban J connectivity index is 3.33. The Morgan fingerprint density at radius 1 is 1.47 bits per heavy atom. The van der Waals surface area contributed by atoms with Gasteiger partial charge in [0.05, 0.1) is 18.1 Å². The van der Waals surface area contributed by atoms with Gasteiger partial charge in [-0.3, -0.25) is 4.79 Å². The van der Waals surface area contributed by atoms with Crippen LogP contribution in [0.1, 0.15) is 23.6 Å². The Morgan fingerprint density at radius 2 is 2.13 bits per heavy atom. The van der Waals surface area contributed by atoms with Crippen molar-refractivity contribution in [3.05, 3.63) is 28.8 Å². The van der Waals surface area contributed by atoms with Crippen molar-refractivity contribution in [2.75, 3.05) is 0 Å². The van der Waals surface area contributed by atoms with E-state index in [9.17, 15) is 9.90 Å². The first-order chi connectivity index (χ1) is 7.10. The normalized spacial score (nSPS) is 9.60. The van der Waals surface area contributed by atoms with Crippen molar-refractivity contribution in [2.45, 2.75) is 19.8 Å². The number of aliphatic carboxylic acids is 1. The molecule has 78 valence electrons. The molecule has 4 heteroatoms. The van der Waals surface area contributed by atoms with E-state index in [1.807, 2.05) is 13.0 Å². The van der Waals surface area contributed by atoms with Gasteiger partial charge in [0.1, 0.15) is 5.75 Å². The Labute approximate surface area is 87.4 Å². The standard InChI is InChI=1S/C11H11NO3/c1-2-8-7(6-12)3-4-10(13)9(8)5-11(14)15/h3-4,13H,2,5H2,1H3,(H,14,15). The largest absolute Gasteiger partial charge is 0.508 e. The van der Waals surface area contributed by atoms with Crippen LogP contribution in [0.5, 0.6) is 5.75 Å². The van der Waals surface area contributed by atoms with E-state index in [0.717, 1.165) is 0 Å². The average Bonchev–Trinajstić information content (AvgIpc) is 2.20. The van der Waals surface area contributed by atoms with Gasteiger partial charge in [-0.05, 0) is 24.1 Å². The van der Waals surface area contributed by atoms with Gasteiger partial charge in [0.2, 0.25) is 0 Å². The summed E-state index contributed by atoms with van der Waals surface area (Å²) in [5.74, 6) is -1.08. The van der Waals surface area contributed by atoms with Crippen molar-refractivity contribution in [3.63, 3.8) is 0 Å². The lowest BCUT2D eigenvalue weighted by atomic mass is 9.96. The lowest BCUT2D eigenvalue weighted by Gasteiger charge is -2.09. The Kier molecular flexibility index (Phi) is 3.29. The summed E-state index contributed by atoms with van der Waals surface area (Å²) in [6.07, 6.45) is 0.268. The molecule has 15 heavy (non-hydrogen) atoms. The summed E-state index contributed by atoms with van der Waals surface area (Å²) in [6.45, 7) is 1.82. The van der Waals surface area contributed by atoms with Crippen molar-refractivity contribution >= 4 is 5.97 Å². The lowest BCUT2D eigenvalue weighted by Crippen LogP contribution is -2.05. The van der Waals surface area contributed by atoms with Crippen molar-refractivity contribution in [1.82, 2.24) is 0 Å². The third kappa shape index (κ3) is 2.26. The molecule has 0 radical (unpaired) electrons. The number of nitrogens with zero attached hydrogens (tertiary/aromatic N) is 1. The van der Waals surface area contributed by atoms with Gasteiger partial charge in [-0.2, -0.15) is 5.26 Å². The fourth-order valence-electron chi connectivity index (χ4n) is 1.54. The number of carboxylic acid groups (broad SMARTS) is 1. The zero-order chi connectivity index (χ0) is 11.4. The predicted octanol–water partition coefficient (Wildman–Crippen LogP) is 1.45. The number of nitriles is 1. The maximum absolute atomic E-state index is 10.6. The van der Waals surface area contributed by atoms with Gasteiger partial charge in [0.25, 0.3) is 0 Å². The molecule has 1 aromatic carbocycles. The maximum atomic E-state index is 10.6. The molecule has 0 bridgehead atoms. The minimum atomic E-state index is -1.02. The molecule has 0 aliphatic rings. The molecule has 2 N–H and O–H groups in total. The van der Waals surface area contributed by atoms with Gasteiger partial charge < -0.3 is 10.2 Å². The zero-order valence-corrected chi connectivity index (χ0v) is 8.32. The number of carboxylic acids is 1. The number of benzene rings is 1. The van der Waals surface area contributed by atoms with Crippen LogP contribution in [0.4, 0.5) is 0 Å². The molecule has 0 aromatic heterocycles. The molecule has 1 rings (SSSR count). The van der Waals surface area contributed by atoms with E-state index < -0.39 is 5.97 Å². The highest BCUT2D eigenvalue weighted by atomic mass is 16.4. The summed E-state index contributed by atoms with van der Waals surface area (Å²) in [6, 6.07) is 4.84. The monoisotopic (exact) mass is 205 g/mol. The SMILES string of the molecule is CCc1c(C#N)ccc(O)c1CC(=O)O. The Hall–Kier alpha value is -2.02. The van der Waals surface area contributed by atoms with E-state index in [-0.39, 0.29) is 12.2 Å². The molecule has 0 fully saturated rings. The molecule has 0 unspecified atom stereocenters. The third-order valence-corrected chi connectivity index (χ3v) is 2.21. The van der Waals surface area contributed by atoms with Crippen LogP contribution >= 0.6 is 0 Å². The van der Waals surface area contributed by atoms with Crippen LogP contribution < -0.4 is 0 Å². The van der Waals surface area contributed by atoms with E-state index in [1.165, 1.54) is 12.1 Å². The smallest absolute Gasteiger partial charge is 0.307 e. The minimum absolute atomic E-state index is 0.0618. The second-order valence-corrected chi connectivity index (χ2v) is 3.13. The highest BCUT2D eigenvalue weighted by Crippen LogP contribution is 2.25. The first kappa shape index (κ1) is 11.1. The van der Waals surface area contributed by atoms with Crippen LogP contribution in [0.2, 0.25) is 0 Å². The Morgan fingerprint density at radius 3 is 2.60 bits per heavy atom. The number of phenols is 1. The van der Waals surface area contributed by atoms with Gasteiger partial charge in [0, 0.05) is 5.56 Å². The molecule has 0 saturated carbocycles. The fourth-order valence-corrected chi connectivity index (χ4v) is 1.54. The number of hydrogen-bond donors (Lipinski definition) is 2. The zero-order valence-electron chi connectivity index (χ0n) is 8.32. The number of aromatic hydroxyl groups is 1.